The molecule has 0 amide bonds. The molecular formula is C17H25NO3. The summed E-state index contributed by atoms with van der Waals surface area (Å²) in [5.41, 5.74) is 1.99. The Labute approximate surface area is 126 Å². The predicted molar refractivity (Wildman–Crippen MR) is 81.9 cm³/mol. The van der Waals surface area contributed by atoms with E-state index in [1.165, 1.54) is 12.8 Å². The molecule has 0 bridgehead atoms. The van der Waals surface area contributed by atoms with Gasteiger partial charge in [0.05, 0.1) is 13.2 Å². The summed E-state index contributed by atoms with van der Waals surface area (Å²) in [4.78, 5) is 12.4. The van der Waals surface area contributed by atoms with Gasteiger partial charge in [0.2, 0.25) is 0 Å². The van der Waals surface area contributed by atoms with E-state index < -0.39 is 6.04 Å². The van der Waals surface area contributed by atoms with Crippen molar-refractivity contribution in [1.29, 1.82) is 0 Å². The summed E-state index contributed by atoms with van der Waals surface area (Å²) in [5, 5.41) is 3.49. The molecule has 1 aliphatic carbocycles. The third-order valence-corrected chi connectivity index (χ3v) is 3.95. The minimum absolute atomic E-state index is 0.201. The quantitative estimate of drug-likeness (QED) is 0.785. The van der Waals surface area contributed by atoms with E-state index in [4.69, 9.17) is 9.47 Å². The highest BCUT2D eigenvalue weighted by Gasteiger charge is 2.28. The highest BCUT2D eigenvalue weighted by Crippen LogP contribution is 2.25. The minimum atomic E-state index is -0.403. The first kappa shape index (κ1) is 16.0. The molecule has 0 aliphatic heterocycles. The van der Waals surface area contributed by atoms with Crippen LogP contribution >= 0.6 is 0 Å². The maximum Gasteiger partial charge on any atom is 0.327 e. The van der Waals surface area contributed by atoms with Crippen LogP contribution < -0.4 is 5.32 Å². The van der Waals surface area contributed by atoms with E-state index in [1.54, 1.807) is 7.11 Å². The van der Waals surface area contributed by atoms with Gasteiger partial charge in [-0.1, -0.05) is 37.1 Å². The Kier molecular flexibility index (Phi) is 6.21. The lowest BCUT2D eigenvalue weighted by Gasteiger charge is -2.23. The number of benzene rings is 1. The highest BCUT2D eigenvalue weighted by molar-refractivity contribution is 5.78. The molecule has 0 saturated heterocycles. The Hall–Kier alpha value is -1.39. The summed E-state index contributed by atoms with van der Waals surface area (Å²) in [6.45, 7) is 2.73. The molecule has 1 saturated carbocycles. The van der Waals surface area contributed by atoms with Crippen molar-refractivity contribution in [3.8, 4) is 0 Å². The van der Waals surface area contributed by atoms with Crippen molar-refractivity contribution >= 4 is 5.97 Å². The zero-order chi connectivity index (χ0) is 15.1. The maximum absolute atomic E-state index is 12.4. The first-order chi connectivity index (χ1) is 10.3. The topological polar surface area (TPSA) is 47.6 Å². The van der Waals surface area contributed by atoms with Crippen molar-refractivity contribution < 1.29 is 14.3 Å². The third-order valence-electron chi connectivity index (χ3n) is 3.95. The van der Waals surface area contributed by atoms with E-state index >= 15 is 0 Å². The monoisotopic (exact) mass is 291 g/mol. The number of ether oxygens (including phenoxy) is 2. The molecule has 0 spiro atoms. The van der Waals surface area contributed by atoms with Crippen molar-refractivity contribution in [1.82, 2.24) is 5.32 Å². The molecular weight excluding hydrogens is 266 g/mol. The normalized spacial score (nSPS) is 16.9. The first-order valence-corrected chi connectivity index (χ1v) is 7.75. The number of hydrogen-bond acceptors (Lipinski definition) is 4. The standard InChI is InChI=1S/C17H25NO3/c1-3-21-17(19)16(18-14-9-5-6-10-14)15-11-7-4-8-13(15)12-20-2/h4,7-8,11,14,16,18H,3,5-6,9-10,12H2,1-2H3. The predicted octanol–water partition coefficient (Wildman–Crippen LogP) is 2.97. The van der Waals surface area contributed by atoms with Crippen molar-refractivity contribution in [2.45, 2.75) is 51.3 Å². The van der Waals surface area contributed by atoms with E-state index in [0.29, 0.717) is 19.3 Å². The fourth-order valence-corrected chi connectivity index (χ4v) is 2.94. The Morgan fingerprint density at radius 3 is 2.71 bits per heavy atom. The average molecular weight is 291 g/mol. The molecule has 1 aromatic rings. The molecule has 1 atom stereocenters. The zero-order valence-corrected chi connectivity index (χ0v) is 12.9. The molecule has 4 heteroatoms. The molecule has 4 nitrogen and oxygen atoms in total. The summed E-state index contributed by atoms with van der Waals surface area (Å²) in [6, 6.07) is 7.90. The Morgan fingerprint density at radius 2 is 2.05 bits per heavy atom. The summed E-state index contributed by atoms with van der Waals surface area (Å²) in [6.07, 6.45) is 4.71. The largest absolute Gasteiger partial charge is 0.465 e. The lowest BCUT2D eigenvalue weighted by molar-refractivity contribution is -0.146. The lowest BCUT2D eigenvalue weighted by Crippen LogP contribution is -2.37. The smallest absolute Gasteiger partial charge is 0.327 e. The van der Waals surface area contributed by atoms with Gasteiger partial charge < -0.3 is 9.47 Å². The summed E-state index contributed by atoms with van der Waals surface area (Å²) >= 11 is 0. The fourth-order valence-electron chi connectivity index (χ4n) is 2.94. The van der Waals surface area contributed by atoms with E-state index in [9.17, 15) is 4.79 Å². The van der Waals surface area contributed by atoms with Crippen LogP contribution in [-0.4, -0.2) is 25.7 Å². The molecule has 21 heavy (non-hydrogen) atoms. The minimum Gasteiger partial charge on any atom is -0.465 e. The van der Waals surface area contributed by atoms with Gasteiger partial charge in [0.1, 0.15) is 6.04 Å². The van der Waals surface area contributed by atoms with Gasteiger partial charge in [-0.2, -0.15) is 0 Å². The van der Waals surface area contributed by atoms with Crippen molar-refractivity contribution in [3.63, 3.8) is 0 Å². The van der Waals surface area contributed by atoms with Crippen LogP contribution in [0.1, 0.15) is 49.8 Å². The van der Waals surface area contributed by atoms with E-state index in [-0.39, 0.29) is 5.97 Å². The van der Waals surface area contributed by atoms with Crippen LogP contribution in [0.4, 0.5) is 0 Å². The molecule has 1 N–H and O–H groups in total. The van der Waals surface area contributed by atoms with Crippen molar-refractivity contribution in [2.75, 3.05) is 13.7 Å². The maximum atomic E-state index is 12.4. The summed E-state index contributed by atoms with van der Waals surface area (Å²) in [5.74, 6) is -0.201. The van der Waals surface area contributed by atoms with Gasteiger partial charge >= 0.3 is 5.97 Å². The number of carbonyl (C=O) groups is 1. The Morgan fingerprint density at radius 1 is 1.33 bits per heavy atom. The molecule has 1 aliphatic rings. The number of esters is 1. The SMILES string of the molecule is CCOC(=O)C(NC1CCCC1)c1ccccc1COC. The van der Waals surface area contributed by atoms with Crippen LogP contribution in [0.3, 0.4) is 0 Å². The van der Waals surface area contributed by atoms with Crippen LogP contribution in [0.5, 0.6) is 0 Å². The second-order valence-electron chi connectivity index (χ2n) is 5.46. The summed E-state index contributed by atoms with van der Waals surface area (Å²) in [7, 11) is 1.67. The number of carbonyl (C=O) groups excluding carboxylic acids is 1. The second-order valence-corrected chi connectivity index (χ2v) is 5.46. The number of rotatable bonds is 7. The third kappa shape index (κ3) is 4.29. The molecule has 1 aromatic carbocycles. The molecule has 0 heterocycles. The molecule has 1 unspecified atom stereocenters. The van der Waals surface area contributed by atoms with E-state index in [2.05, 4.69) is 5.32 Å². The molecule has 0 aromatic heterocycles. The Balaban J connectivity index is 2.22. The van der Waals surface area contributed by atoms with Gasteiger partial charge in [-0.05, 0) is 30.9 Å². The molecule has 1 fully saturated rings. The van der Waals surface area contributed by atoms with Gasteiger partial charge in [0.15, 0.2) is 0 Å². The van der Waals surface area contributed by atoms with Crippen LogP contribution in [0.15, 0.2) is 24.3 Å². The van der Waals surface area contributed by atoms with Gasteiger partial charge in [-0.25, -0.2) is 4.79 Å². The first-order valence-electron chi connectivity index (χ1n) is 7.75. The van der Waals surface area contributed by atoms with Crippen LogP contribution in [-0.2, 0) is 20.9 Å². The number of hydrogen-bond donors (Lipinski definition) is 1. The fraction of sp³-hybridized carbons (Fsp3) is 0.588. The molecule has 0 radical (unpaired) electrons. The molecule has 116 valence electrons. The van der Waals surface area contributed by atoms with E-state index in [0.717, 1.165) is 24.0 Å². The van der Waals surface area contributed by atoms with E-state index in [1.807, 2.05) is 31.2 Å². The summed E-state index contributed by atoms with van der Waals surface area (Å²) < 4.78 is 10.5. The van der Waals surface area contributed by atoms with Crippen molar-refractivity contribution in [2.24, 2.45) is 0 Å². The van der Waals surface area contributed by atoms with Crippen LogP contribution in [0.2, 0.25) is 0 Å². The zero-order valence-electron chi connectivity index (χ0n) is 12.9. The number of methoxy groups -OCH3 is 1. The van der Waals surface area contributed by atoms with Gasteiger partial charge in [0, 0.05) is 13.2 Å². The Bertz CT molecular complexity index is 455. The van der Waals surface area contributed by atoms with Crippen LogP contribution in [0.25, 0.3) is 0 Å². The highest BCUT2D eigenvalue weighted by atomic mass is 16.5. The van der Waals surface area contributed by atoms with Gasteiger partial charge in [-0.15, -0.1) is 0 Å². The second kappa shape index (κ2) is 8.15. The van der Waals surface area contributed by atoms with Crippen LogP contribution in [0, 0.1) is 0 Å². The van der Waals surface area contributed by atoms with Gasteiger partial charge in [0.25, 0.3) is 0 Å². The average Bonchev–Trinajstić information content (AvgIpc) is 2.99. The number of nitrogens with one attached hydrogen (secondary N) is 1. The van der Waals surface area contributed by atoms with Crippen molar-refractivity contribution in [3.05, 3.63) is 35.4 Å². The van der Waals surface area contributed by atoms with Gasteiger partial charge in [-0.3, -0.25) is 5.32 Å². The molecule has 2 rings (SSSR count). The lowest BCUT2D eigenvalue weighted by atomic mass is 9.99.